The van der Waals surface area contributed by atoms with Gasteiger partial charge in [0.2, 0.25) is 0 Å². The van der Waals surface area contributed by atoms with Crippen LogP contribution in [0, 0.1) is 11.8 Å². The molecule has 0 heterocycles. The molecule has 0 amide bonds. The zero-order chi connectivity index (χ0) is 18.6. The highest BCUT2D eigenvalue weighted by Gasteiger charge is 2.26. The molecule has 1 N–H and O–H groups in total. The first-order valence-electron chi connectivity index (χ1n) is 9.36. The summed E-state index contributed by atoms with van der Waals surface area (Å²) < 4.78 is 5.84. The molecule has 1 aliphatic carbocycles. The zero-order valence-electron chi connectivity index (χ0n) is 15.5. The van der Waals surface area contributed by atoms with Crippen molar-refractivity contribution in [1.29, 1.82) is 0 Å². The van der Waals surface area contributed by atoms with Crippen LogP contribution in [-0.4, -0.2) is 12.2 Å². The second-order valence-electron chi connectivity index (χ2n) is 6.78. The quantitative estimate of drug-likeness (QED) is 0.629. The Morgan fingerprint density at radius 2 is 1.44 bits per heavy atom. The van der Waals surface area contributed by atoms with Gasteiger partial charge in [0.1, 0.15) is 11.5 Å². The third-order valence-corrected chi connectivity index (χ3v) is 5.11. The van der Waals surface area contributed by atoms with Gasteiger partial charge in [0.25, 0.3) is 0 Å². The fraction of sp³-hybridized carbons (Fsp3) is 0.200. The molecule has 3 aromatic rings. The van der Waals surface area contributed by atoms with Crippen molar-refractivity contribution in [2.24, 2.45) is 0 Å². The second-order valence-corrected chi connectivity index (χ2v) is 6.78. The molecule has 0 atom stereocenters. The highest BCUT2D eigenvalue weighted by atomic mass is 16.5. The van der Waals surface area contributed by atoms with Crippen molar-refractivity contribution in [2.45, 2.75) is 25.7 Å². The standard InChI is InChI=1S/C25H22O2/c1-27-25-21-15-9-8-14-20(21)24(26)23(19-12-6-3-7-13-19)22(25)17-16-18-10-4-2-5-11-18/h2-7,10-13,26H,8-9,14-15H2,1H3. The SMILES string of the molecule is COc1c(C#Cc2ccccc2)c(-c2ccccc2)c(O)c2c1CCCC2. The van der Waals surface area contributed by atoms with Gasteiger partial charge in [-0.3, -0.25) is 0 Å². The summed E-state index contributed by atoms with van der Waals surface area (Å²) in [5, 5.41) is 11.2. The summed E-state index contributed by atoms with van der Waals surface area (Å²) in [5.41, 5.74) is 5.57. The topological polar surface area (TPSA) is 29.5 Å². The predicted molar refractivity (Wildman–Crippen MR) is 109 cm³/mol. The molecule has 0 fully saturated rings. The molecule has 0 bridgehead atoms. The first-order chi connectivity index (χ1) is 13.3. The van der Waals surface area contributed by atoms with Crippen LogP contribution < -0.4 is 4.74 Å². The van der Waals surface area contributed by atoms with Gasteiger partial charge in [-0.1, -0.05) is 60.4 Å². The van der Waals surface area contributed by atoms with E-state index in [1.807, 2.05) is 60.7 Å². The number of rotatable bonds is 2. The van der Waals surface area contributed by atoms with Gasteiger partial charge in [-0.05, 0) is 43.4 Å². The Hall–Kier alpha value is -3.18. The van der Waals surface area contributed by atoms with Crippen LogP contribution in [0.25, 0.3) is 11.1 Å². The Balaban J connectivity index is 2.00. The van der Waals surface area contributed by atoms with E-state index < -0.39 is 0 Å². The molecular formula is C25H22O2. The summed E-state index contributed by atoms with van der Waals surface area (Å²) in [6.07, 6.45) is 4.00. The molecule has 4 rings (SSSR count). The maximum atomic E-state index is 11.2. The number of phenols is 1. The molecule has 0 aliphatic heterocycles. The lowest BCUT2D eigenvalue weighted by molar-refractivity contribution is 0.400. The van der Waals surface area contributed by atoms with Gasteiger partial charge >= 0.3 is 0 Å². The van der Waals surface area contributed by atoms with Crippen LogP contribution in [0.3, 0.4) is 0 Å². The van der Waals surface area contributed by atoms with Gasteiger partial charge in [-0.25, -0.2) is 0 Å². The molecule has 0 spiro atoms. The van der Waals surface area contributed by atoms with Crippen molar-refractivity contribution in [1.82, 2.24) is 0 Å². The normalized spacial score (nSPS) is 12.6. The molecule has 2 heteroatoms. The van der Waals surface area contributed by atoms with Crippen LogP contribution in [-0.2, 0) is 12.8 Å². The van der Waals surface area contributed by atoms with E-state index in [1.165, 1.54) is 0 Å². The van der Waals surface area contributed by atoms with E-state index in [2.05, 4.69) is 11.8 Å². The minimum absolute atomic E-state index is 0.356. The van der Waals surface area contributed by atoms with E-state index in [4.69, 9.17) is 4.74 Å². The van der Waals surface area contributed by atoms with E-state index in [9.17, 15) is 5.11 Å². The first-order valence-corrected chi connectivity index (χ1v) is 9.36. The number of benzene rings is 3. The van der Waals surface area contributed by atoms with E-state index in [0.717, 1.165) is 64.8 Å². The Labute approximate surface area is 160 Å². The minimum atomic E-state index is 0.356. The highest BCUT2D eigenvalue weighted by Crippen LogP contribution is 2.46. The maximum Gasteiger partial charge on any atom is 0.138 e. The van der Waals surface area contributed by atoms with Crippen molar-refractivity contribution in [2.75, 3.05) is 7.11 Å². The van der Waals surface area contributed by atoms with Crippen LogP contribution >= 0.6 is 0 Å². The molecule has 0 aromatic heterocycles. The van der Waals surface area contributed by atoms with Crippen LogP contribution in [0.4, 0.5) is 0 Å². The summed E-state index contributed by atoms with van der Waals surface area (Å²) in [4.78, 5) is 0. The van der Waals surface area contributed by atoms with Gasteiger partial charge in [0, 0.05) is 22.3 Å². The molecule has 27 heavy (non-hydrogen) atoms. The van der Waals surface area contributed by atoms with E-state index in [0.29, 0.717) is 5.75 Å². The summed E-state index contributed by atoms with van der Waals surface area (Å²) in [5.74, 6) is 7.71. The van der Waals surface area contributed by atoms with E-state index >= 15 is 0 Å². The monoisotopic (exact) mass is 354 g/mol. The lowest BCUT2D eigenvalue weighted by Crippen LogP contribution is -2.08. The van der Waals surface area contributed by atoms with Crippen molar-refractivity contribution in [3.05, 3.63) is 82.9 Å². The molecule has 2 nitrogen and oxygen atoms in total. The maximum absolute atomic E-state index is 11.2. The molecule has 0 radical (unpaired) electrons. The van der Waals surface area contributed by atoms with Gasteiger partial charge in [-0.15, -0.1) is 0 Å². The average Bonchev–Trinajstić information content (AvgIpc) is 2.74. The number of fused-ring (bicyclic) bond motifs is 1. The molecule has 0 unspecified atom stereocenters. The lowest BCUT2D eigenvalue weighted by Gasteiger charge is -2.24. The largest absolute Gasteiger partial charge is 0.507 e. The number of aromatic hydroxyl groups is 1. The fourth-order valence-corrected chi connectivity index (χ4v) is 3.84. The van der Waals surface area contributed by atoms with Crippen molar-refractivity contribution >= 4 is 0 Å². The second kappa shape index (κ2) is 7.60. The Kier molecular flexibility index (Phi) is 4.85. The predicted octanol–water partition coefficient (Wildman–Crippen LogP) is 5.35. The lowest BCUT2D eigenvalue weighted by atomic mass is 9.84. The number of hydrogen-bond donors (Lipinski definition) is 1. The van der Waals surface area contributed by atoms with Crippen LogP contribution in [0.1, 0.15) is 35.1 Å². The molecule has 0 saturated heterocycles. The van der Waals surface area contributed by atoms with Crippen molar-refractivity contribution in [3.8, 4) is 34.5 Å². The van der Waals surface area contributed by atoms with Crippen LogP contribution in [0.15, 0.2) is 60.7 Å². The zero-order valence-corrected chi connectivity index (χ0v) is 15.5. The Morgan fingerprint density at radius 1 is 0.815 bits per heavy atom. The molecule has 134 valence electrons. The molecule has 3 aromatic carbocycles. The van der Waals surface area contributed by atoms with Crippen molar-refractivity contribution in [3.63, 3.8) is 0 Å². The number of phenolic OH excluding ortho intramolecular Hbond substituents is 1. The number of ether oxygens (including phenoxy) is 1. The van der Waals surface area contributed by atoms with Crippen molar-refractivity contribution < 1.29 is 9.84 Å². The molecule has 1 aliphatic rings. The van der Waals surface area contributed by atoms with Gasteiger partial charge in [-0.2, -0.15) is 0 Å². The number of methoxy groups -OCH3 is 1. The summed E-state index contributed by atoms with van der Waals surface area (Å²) >= 11 is 0. The Bertz CT molecular complexity index is 1010. The average molecular weight is 354 g/mol. The first kappa shape index (κ1) is 17.2. The smallest absolute Gasteiger partial charge is 0.138 e. The Morgan fingerprint density at radius 3 is 2.11 bits per heavy atom. The number of hydrogen-bond acceptors (Lipinski definition) is 2. The third kappa shape index (κ3) is 3.29. The molecule has 0 saturated carbocycles. The highest BCUT2D eigenvalue weighted by molar-refractivity contribution is 5.83. The third-order valence-electron chi connectivity index (χ3n) is 5.11. The van der Waals surface area contributed by atoms with Gasteiger partial charge in [0.15, 0.2) is 0 Å². The summed E-state index contributed by atoms with van der Waals surface area (Å²) in [6, 6.07) is 19.9. The van der Waals surface area contributed by atoms with Gasteiger partial charge in [0.05, 0.1) is 12.7 Å². The van der Waals surface area contributed by atoms with Crippen LogP contribution in [0.5, 0.6) is 11.5 Å². The minimum Gasteiger partial charge on any atom is -0.507 e. The molecular weight excluding hydrogens is 332 g/mol. The van der Waals surface area contributed by atoms with E-state index in [-0.39, 0.29) is 0 Å². The summed E-state index contributed by atoms with van der Waals surface area (Å²) in [6.45, 7) is 0. The summed E-state index contributed by atoms with van der Waals surface area (Å²) in [7, 11) is 1.70. The van der Waals surface area contributed by atoms with Gasteiger partial charge < -0.3 is 9.84 Å². The fourth-order valence-electron chi connectivity index (χ4n) is 3.84. The van der Waals surface area contributed by atoms with Crippen LogP contribution in [0.2, 0.25) is 0 Å². The van der Waals surface area contributed by atoms with E-state index in [1.54, 1.807) is 7.11 Å².